The summed E-state index contributed by atoms with van der Waals surface area (Å²) >= 11 is 0. The van der Waals surface area contributed by atoms with Gasteiger partial charge in [0.25, 0.3) is 0 Å². The molecule has 0 aromatic heterocycles. The Morgan fingerprint density at radius 2 is 2.06 bits per heavy atom. The van der Waals surface area contributed by atoms with Crippen molar-refractivity contribution in [2.45, 2.75) is 20.0 Å². The number of rotatable bonds is 3. The van der Waals surface area contributed by atoms with Crippen LogP contribution in [-0.4, -0.2) is 6.54 Å². The number of benzene rings is 2. The summed E-state index contributed by atoms with van der Waals surface area (Å²) in [6.07, 6.45) is 1.10. The molecule has 0 fully saturated rings. The van der Waals surface area contributed by atoms with Gasteiger partial charge in [0, 0.05) is 12.2 Å². The highest BCUT2D eigenvalue weighted by Gasteiger charge is 2.13. The second kappa shape index (κ2) is 4.73. The van der Waals surface area contributed by atoms with Gasteiger partial charge in [0.15, 0.2) is 0 Å². The highest BCUT2D eigenvalue weighted by Crippen LogP contribution is 2.26. The van der Waals surface area contributed by atoms with E-state index in [0.29, 0.717) is 6.61 Å². The van der Waals surface area contributed by atoms with Crippen molar-refractivity contribution in [1.82, 2.24) is 0 Å². The third-order valence-electron chi connectivity index (χ3n) is 3.35. The lowest BCUT2D eigenvalue weighted by atomic mass is 10.1. The molecule has 92 valence electrons. The molecule has 2 aromatic rings. The molecule has 0 saturated heterocycles. The van der Waals surface area contributed by atoms with Crippen molar-refractivity contribution in [3.63, 3.8) is 0 Å². The zero-order valence-electron chi connectivity index (χ0n) is 10.6. The molecule has 0 aliphatic carbocycles. The van der Waals surface area contributed by atoms with Crippen molar-refractivity contribution < 1.29 is 4.74 Å². The van der Waals surface area contributed by atoms with Crippen LogP contribution in [0, 0.1) is 6.92 Å². The number of aryl methyl sites for hydroxylation is 1. The first-order valence-corrected chi connectivity index (χ1v) is 6.37. The number of hydrogen-bond acceptors (Lipinski definition) is 2. The Bertz CT molecular complexity index is 563. The van der Waals surface area contributed by atoms with Crippen LogP contribution in [0.15, 0.2) is 42.5 Å². The van der Waals surface area contributed by atoms with Crippen LogP contribution in [0.2, 0.25) is 0 Å². The topological polar surface area (TPSA) is 21.3 Å². The predicted octanol–water partition coefficient (Wildman–Crippen LogP) is 3.54. The van der Waals surface area contributed by atoms with Crippen LogP contribution in [0.4, 0.5) is 5.69 Å². The summed E-state index contributed by atoms with van der Waals surface area (Å²) in [5, 5.41) is 3.39. The smallest absolute Gasteiger partial charge is 0.120 e. The van der Waals surface area contributed by atoms with E-state index in [-0.39, 0.29) is 0 Å². The van der Waals surface area contributed by atoms with Gasteiger partial charge in [0.1, 0.15) is 12.4 Å². The largest absolute Gasteiger partial charge is 0.489 e. The molecule has 2 heteroatoms. The molecular formula is C16H17NO. The van der Waals surface area contributed by atoms with Gasteiger partial charge in [-0.3, -0.25) is 0 Å². The molecule has 0 unspecified atom stereocenters. The molecule has 1 aliphatic rings. The van der Waals surface area contributed by atoms with E-state index in [4.69, 9.17) is 4.74 Å². The monoisotopic (exact) mass is 239 g/mol. The third-order valence-corrected chi connectivity index (χ3v) is 3.35. The Labute approximate surface area is 108 Å². The lowest BCUT2D eigenvalue weighted by Crippen LogP contribution is -1.99. The first-order chi connectivity index (χ1) is 8.83. The van der Waals surface area contributed by atoms with Crippen LogP contribution >= 0.6 is 0 Å². The molecule has 1 heterocycles. The summed E-state index contributed by atoms with van der Waals surface area (Å²) in [5.41, 5.74) is 5.19. The van der Waals surface area contributed by atoms with Gasteiger partial charge in [-0.25, -0.2) is 0 Å². The summed E-state index contributed by atoms with van der Waals surface area (Å²) in [6.45, 7) is 3.77. The van der Waals surface area contributed by atoms with E-state index in [1.165, 1.54) is 22.4 Å². The average Bonchev–Trinajstić information content (AvgIpc) is 2.85. The Kier molecular flexibility index (Phi) is 2.93. The number of anilines is 1. The standard InChI is InChI=1S/C16H17NO/c1-12-4-2-6-14(10-12)18-11-13-5-3-7-16-15(13)8-9-17-16/h2-7,10,17H,8-9,11H2,1H3. The molecule has 1 aliphatic heterocycles. The van der Waals surface area contributed by atoms with Gasteiger partial charge < -0.3 is 10.1 Å². The summed E-state index contributed by atoms with van der Waals surface area (Å²) in [4.78, 5) is 0. The molecule has 0 saturated carbocycles. The zero-order chi connectivity index (χ0) is 12.4. The van der Waals surface area contributed by atoms with Crippen LogP contribution in [0.25, 0.3) is 0 Å². The Morgan fingerprint density at radius 3 is 2.94 bits per heavy atom. The van der Waals surface area contributed by atoms with Crippen molar-refractivity contribution in [2.24, 2.45) is 0 Å². The third kappa shape index (κ3) is 2.19. The van der Waals surface area contributed by atoms with Crippen LogP contribution in [0.5, 0.6) is 5.75 Å². The maximum atomic E-state index is 5.87. The molecule has 0 radical (unpaired) electrons. The Morgan fingerprint density at radius 1 is 1.17 bits per heavy atom. The molecular weight excluding hydrogens is 222 g/mol. The molecule has 0 spiro atoms. The average molecular weight is 239 g/mol. The molecule has 3 rings (SSSR count). The van der Waals surface area contributed by atoms with Crippen LogP contribution in [0.3, 0.4) is 0 Å². The van der Waals surface area contributed by atoms with Crippen molar-refractivity contribution in [3.8, 4) is 5.75 Å². The first-order valence-electron chi connectivity index (χ1n) is 6.37. The lowest BCUT2D eigenvalue weighted by molar-refractivity contribution is 0.305. The summed E-state index contributed by atoms with van der Waals surface area (Å²) in [7, 11) is 0. The Hall–Kier alpha value is -1.96. The quantitative estimate of drug-likeness (QED) is 0.884. The fraction of sp³-hybridized carbons (Fsp3) is 0.250. The molecule has 2 nitrogen and oxygen atoms in total. The van der Waals surface area contributed by atoms with E-state index in [9.17, 15) is 0 Å². The highest BCUT2D eigenvalue weighted by atomic mass is 16.5. The highest BCUT2D eigenvalue weighted by molar-refractivity contribution is 5.58. The van der Waals surface area contributed by atoms with E-state index < -0.39 is 0 Å². The van der Waals surface area contributed by atoms with Gasteiger partial charge in [-0.2, -0.15) is 0 Å². The molecule has 0 atom stereocenters. The van der Waals surface area contributed by atoms with E-state index >= 15 is 0 Å². The molecule has 18 heavy (non-hydrogen) atoms. The van der Waals surface area contributed by atoms with Crippen molar-refractivity contribution in [3.05, 3.63) is 59.2 Å². The van der Waals surface area contributed by atoms with E-state index in [1.807, 2.05) is 12.1 Å². The van der Waals surface area contributed by atoms with Crippen molar-refractivity contribution in [2.75, 3.05) is 11.9 Å². The predicted molar refractivity (Wildman–Crippen MR) is 74.1 cm³/mol. The zero-order valence-corrected chi connectivity index (χ0v) is 10.6. The normalized spacial score (nSPS) is 12.9. The maximum Gasteiger partial charge on any atom is 0.120 e. The number of fused-ring (bicyclic) bond motifs is 1. The van der Waals surface area contributed by atoms with E-state index in [1.54, 1.807) is 0 Å². The summed E-state index contributed by atoms with van der Waals surface area (Å²) < 4.78 is 5.87. The minimum absolute atomic E-state index is 0.647. The van der Waals surface area contributed by atoms with Crippen molar-refractivity contribution >= 4 is 5.69 Å². The van der Waals surface area contributed by atoms with E-state index in [2.05, 4.69) is 42.6 Å². The second-order valence-corrected chi connectivity index (χ2v) is 4.73. The molecule has 1 N–H and O–H groups in total. The first kappa shape index (κ1) is 11.1. The molecule has 0 amide bonds. The van der Waals surface area contributed by atoms with Gasteiger partial charge in [0.2, 0.25) is 0 Å². The van der Waals surface area contributed by atoms with Gasteiger partial charge in [-0.15, -0.1) is 0 Å². The van der Waals surface area contributed by atoms with Crippen molar-refractivity contribution in [1.29, 1.82) is 0 Å². The minimum Gasteiger partial charge on any atom is -0.489 e. The number of hydrogen-bond donors (Lipinski definition) is 1. The van der Waals surface area contributed by atoms with Crippen LogP contribution < -0.4 is 10.1 Å². The van der Waals surface area contributed by atoms with Crippen LogP contribution in [0.1, 0.15) is 16.7 Å². The van der Waals surface area contributed by atoms with Gasteiger partial charge in [0.05, 0.1) is 0 Å². The lowest BCUT2D eigenvalue weighted by Gasteiger charge is -2.10. The SMILES string of the molecule is Cc1cccc(OCc2cccc3c2CCN3)c1. The number of ether oxygens (including phenoxy) is 1. The fourth-order valence-electron chi connectivity index (χ4n) is 2.42. The minimum atomic E-state index is 0.647. The van der Waals surface area contributed by atoms with Gasteiger partial charge in [-0.05, 0) is 48.2 Å². The van der Waals surface area contributed by atoms with Gasteiger partial charge in [-0.1, -0.05) is 24.3 Å². The maximum absolute atomic E-state index is 5.87. The van der Waals surface area contributed by atoms with Gasteiger partial charge >= 0.3 is 0 Å². The number of nitrogens with one attached hydrogen (secondary N) is 1. The summed E-state index contributed by atoms with van der Waals surface area (Å²) in [5.74, 6) is 0.943. The second-order valence-electron chi connectivity index (χ2n) is 4.73. The van der Waals surface area contributed by atoms with Crippen LogP contribution in [-0.2, 0) is 13.0 Å². The fourth-order valence-corrected chi connectivity index (χ4v) is 2.42. The summed E-state index contributed by atoms with van der Waals surface area (Å²) in [6, 6.07) is 14.6. The molecule has 2 aromatic carbocycles. The Balaban J connectivity index is 1.76. The van der Waals surface area contributed by atoms with E-state index in [0.717, 1.165) is 18.7 Å². The molecule has 0 bridgehead atoms.